The van der Waals surface area contributed by atoms with Crippen LogP contribution in [0.1, 0.15) is 32.6 Å². The molecule has 0 radical (unpaired) electrons. The molecule has 0 heterocycles. The van der Waals surface area contributed by atoms with Gasteiger partial charge >= 0.3 is 0 Å². The Balaban J connectivity index is 2.26. The minimum absolute atomic E-state index is 0.365. The molecule has 0 N–H and O–H groups in total. The van der Waals surface area contributed by atoms with E-state index in [1.165, 1.54) is 0 Å². The summed E-state index contributed by atoms with van der Waals surface area (Å²) in [7, 11) is 0. The summed E-state index contributed by atoms with van der Waals surface area (Å²) < 4.78 is 5.40. The minimum atomic E-state index is -0.365. The van der Waals surface area contributed by atoms with Crippen LogP contribution in [0.25, 0.3) is 0 Å². The van der Waals surface area contributed by atoms with E-state index in [1.807, 2.05) is 0 Å². The Labute approximate surface area is 61.6 Å². The highest BCUT2D eigenvalue weighted by atomic mass is 16.5. The molecule has 0 spiro atoms. The van der Waals surface area contributed by atoms with Crippen molar-refractivity contribution >= 4 is 6.29 Å². The normalized spacial score (nSPS) is 21.7. The average molecular weight is 142 g/mol. The van der Waals surface area contributed by atoms with Gasteiger partial charge in [-0.1, -0.05) is 6.92 Å². The third kappa shape index (κ3) is 1.37. The van der Waals surface area contributed by atoms with Crippen molar-refractivity contribution < 1.29 is 9.53 Å². The van der Waals surface area contributed by atoms with Crippen LogP contribution >= 0.6 is 0 Å². The topological polar surface area (TPSA) is 26.3 Å². The number of rotatable bonds is 4. The Morgan fingerprint density at radius 2 is 2.30 bits per heavy atom. The number of aldehydes is 1. The van der Waals surface area contributed by atoms with Crippen LogP contribution in [0.5, 0.6) is 0 Å². The van der Waals surface area contributed by atoms with Crippen LogP contribution < -0.4 is 0 Å². The molecule has 0 saturated heterocycles. The van der Waals surface area contributed by atoms with Gasteiger partial charge in [0.1, 0.15) is 5.60 Å². The van der Waals surface area contributed by atoms with Crippen LogP contribution in [0, 0.1) is 0 Å². The predicted molar refractivity (Wildman–Crippen MR) is 38.9 cm³/mol. The third-order valence-electron chi connectivity index (χ3n) is 2.01. The maximum Gasteiger partial charge on any atom is 0.151 e. The van der Waals surface area contributed by atoms with Gasteiger partial charge in [0.25, 0.3) is 0 Å². The van der Waals surface area contributed by atoms with Crippen LogP contribution in [-0.2, 0) is 9.53 Å². The predicted octanol–water partition coefficient (Wildman–Crippen LogP) is 1.53. The lowest BCUT2D eigenvalue weighted by Gasteiger charge is -2.36. The molecule has 0 aromatic rings. The summed E-state index contributed by atoms with van der Waals surface area (Å²) in [6, 6.07) is 0. The Morgan fingerprint density at radius 1 is 1.60 bits per heavy atom. The second kappa shape index (κ2) is 3.15. The lowest BCUT2D eigenvalue weighted by atomic mass is 9.81. The van der Waals surface area contributed by atoms with Crippen molar-refractivity contribution in [1.82, 2.24) is 0 Å². The summed E-state index contributed by atoms with van der Waals surface area (Å²) in [6.07, 6.45) is 4.96. The van der Waals surface area contributed by atoms with Crippen molar-refractivity contribution in [3.8, 4) is 0 Å². The fourth-order valence-electron chi connectivity index (χ4n) is 1.13. The molecule has 0 amide bonds. The Kier molecular flexibility index (Phi) is 2.44. The average Bonchev–Trinajstić information content (AvgIpc) is 1.87. The SMILES string of the molecule is CCCOC1(C=O)CCC1. The summed E-state index contributed by atoms with van der Waals surface area (Å²) in [5.74, 6) is 0. The number of hydrogen-bond donors (Lipinski definition) is 0. The summed E-state index contributed by atoms with van der Waals surface area (Å²) >= 11 is 0. The lowest BCUT2D eigenvalue weighted by Crippen LogP contribution is -2.41. The van der Waals surface area contributed by atoms with Gasteiger partial charge in [-0.05, 0) is 25.7 Å². The molecule has 10 heavy (non-hydrogen) atoms. The van der Waals surface area contributed by atoms with E-state index in [-0.39, 0.29) is 5.60 Å². The van der Waals surface area contributed by atoms with Gasteiger partial charge < -0.3 is 9.53 Å². The van der Waals surface area contributed by atoms with Gasteiger partial charge in [-0.15, -0.1) is 0 Å². The van der Waals surface area contributed by atoms with Crippen molar-refractivity contribution in [1.29, 1.82) is 0 Å². The van der Waals surface area contributed by atoms with E-state index in [0.717, 1.165) is 38.6 Å². The zero-order valence-electron chi connectivity index (χ0n) is 6.43. The minimum Gasteiger partial charge on any atom is -0.368 e. The monoisotopic (exact) mass is 142 g/mol. The van der Waals surface area contributed by atoms with E-state index in [4.69, 9.17) is 4.74 Å². The molecule has 0 aromatic carbocycles. The Hall–Kier alpha value is -0.370. The molecule has 1 rings (SSSR count). The summed E-state index contributed by atoms with van der Waals surface area (Å²) in [5, 5.41) is 0. The smallest absolute Gasteiger partial charge is 0.151 e. The van der Waals surface area contributed by atoms with E-state index in [0.29, 0.717) is 0 Å². The van der Waals surface area contributed by atoms with E-state index < -0.39 is 0 Å². The first-order valence-corrected chi connectivity index (χ1v) is 3.93. The molecule has 1 aliphatic rings. The Morgan fingerprint density at radius 3 is 2.60 bits per heavy atom. The van der Waals surface area contributed by atoms with E-state index >= 15 is 0 Å². The van der Waals surface area contributed by atoms with Crippen LogP contribution in [0.15, 0.2) is 0 Å². The zero-order valence-corrected chi connectivity index (χ0v) is 6.43. The first-order valence-electron chi connectivity index (χ1n) is 3.93. The van der Waals surface area contributed by atoms with E-state index in [9.17, 15) is 4.79 Å². The van der Waals surface area contributed by atoms with Gasteiger partial charge in [0.15, 0.2) is 6.29 Å². The van der Waals surface area contributed by atoms with Crippen LogP contribution in [-0.4, -0.2) is 18.5 Å². The molecular weight excluding hydrogens is 128 g/mol. The van der Waals surface area contributed by atoms with Gasteiger partial charge in [0, 0.05) is 6.61 Å². The molecule has 0 bridgehead atoms. The quantitative estimate of drug-likeness (QED) is 0.556. The fraction of sp³-hybridized carbons (Fsp3) is 0.875. The number of hydrogen-bond acceptors (Lipinski definition) is 2. The fourth-order valence-corrected chi connectivity index (χ4v) is 1.13. The van der Waals surface area contributed by atoms with Crippen LogP contribution in [0.4, 0.5) is 0 Å². The van der Waals surface area contributed by atoms with Crippen molar-refractivity contribution in [2.45, 2.75) is 38.2 Å². The Bertz CT molecular complexity index is 116. The first-order chi connectivity index (χ1) is 4.83. The first kappa shape index (κ1) is 7.73. The molecule has 2 heteroatoms. The van der Waals surface area contributed by atoms with Gasteiger partial charge in [-0.2, -0.15) is 0 Å². The summed E-state index contributed by atoms with van der Waals surface area (Å²) in [4.78, 5) is 10.5. The largest absolute Gasteiger partial charge is 0.368 e. The van der Waals surface area contributed by atoms with Crippen LogP contribution in [0.2, 0.25) is 0 Å². The van der Waals surface area contributed by atoms with Crippen molar-refractivity contribution in [3.05, 3.63) is 0 Å². The molecule has 1 fully saturated rings. The molecule has 2 nitrogen and oxygen atoms in total. The summed E-state index contributed by atoms with van der Waals surface area (Å²) in [5.41, 5.74) is -0.365. The van der Waals surface area contributed by atoms with Crippen molar-refractivity contribution in [2.24, 2.45) is 0 Å². The maximum atomic E-state index is 10.5. The number of carbonyl (C=O) groups excluding carboxylic acids is 1. The van der Waals surface area contributed by atoms with Gasteiger partial charge in [0.2, 0.25) is 0 Å². The standard InChI is InChI=1S/C8H14O2/c1-2-6-10-8(7-9)4-3-5-8/h7H,2-6H2,1H3. The molecule has 1 aliphatic carbocycles. The van der Waals surface area contributed by atoms with Gasteiger partial charge in [0.05, 0.1) is 0 Å². The highest BCUT2D eigenvalue weighted by Gasteiger charge is 2.37. The van der Waals surface area contributed by atoms with E-state index in [2.05, 4.69) is 6.92 Å². The van der Waals surface area contributed by atoms with Gasteiger partial charge in [-0.25, -0.2) is 0 Å². The van der Waals surface area contributed by atoms with E-state index in [1.54, 1.807) is 0 Å². The molecule has 1 saturated carbocycles. The molecule has 0 unspecified atom stereocenters. The molecule has 0 atom stereocenters. The molecule has 0 aliphatic heterocycles. The highest BCUT2D eigenvalue weighted by Crippen LogP contribution is 2.33. The third-order valence-corrected chi connectivity index (χ3v) is 2.01. The molecular formula is C8H14O2. The maximum absolute atomic E-state index is 10.5. The number of ether oxygens (including phenoxy) is 1. The number of carbonyl (C=O) groups is 1. The molecule has 58 valence electrons. The van der Waals surface area contributed by atoms with Crippen LogP contribution in [0.3, 0.4) is 0 Å². The van der Waals surface area contributed by atoms with Crippen molar-refractivity contribution in [3.63, 3.8) is 0 Å². The van der Waals surface area contributed by atoms with Gasteiger partial charge in [-0.3, -0.25) is 0 Å². The molecule has 0 aromatic heterocycles. The zero-order chi connectivity index (χ0) is 7.45. The second-order valence-corrected chi connectivity index (χ2v) is 2.88. The highest BCUT2D eigenvalue weighted by molar-refractivity contribution is 5.64. The lowest BCUT2D eigenvalue weighted by molar-refractivity contribution is -0.143. The van der Waals surface area contributed by atoms with Crippen molar-refractivity contribution in [2.75, 3.05) is 6.61 Å². The second-order valence-electron chi connectivity index (χ2n) is 2.88. The summed E-state index contributed by atoms with van der Waals surface area (Å²) in [6.45, 7) is 2.77.